The lowest BCUT2D eigenvalue weighted by molar-refractivity contribution is -0.134. The van der Waals surface area contributed by atoms with Crippen molar-refractivity contribution in [3.05, 3.63) is 24.3 Å². The van der Waals surface area contributed by atoms with Crippen LogP contribution < -0.4 is 15.7 Å². The van der Waals surface area contributed by atoms with E-state index in [1.807, 2.05) is 24.3 Å². The molecule has 1 aliphatic rings. The van der Waals surface area contributed by atoms with Crippen LogP contribution >= 0.6 is 0 Å². The van der Waals surface area contributed by atoms with Crippen molar-refractivity contribution in [3.8, 4) is 0 Å². The van der Waals surface area contributed by atoms with Crippen molar-refractivity contribution in [1.82, 2.24) is 5.48 Å². The number of hydrogen-bond acceptors (Lipinski definition) is 4. The highest BCUT2D eigenvalue weighted by Crippen LogP contribution is 2.24. The third-order valence-electron chi connectivity index (χ3n) is 4.21. The fraction of sp³-hybridized carbons (Fsp3) is 0.556. The van der Waals surface area contributed by atoms with Crippen molar-refractivity contribution in [2.24, 2.45) is 5.92 Å². The molecule has 0 saturated carbocycles. The minimum Gasteiger partial charge on any atom is -0.372 e. The summed E-state index contributed by atoms with van der Waals surface area (Å²) in [7, 11) is 0. The van der Waals surface area contributed by atoms with Gasteiger partial charge in [0, 0.05) is 37.3 Å². The van der Waals surface area contributed by atoms with Crippen LogP contribution in [0.3, 0.4) is 0 Å². The molecule has 1 aromatic rings. The third kappa shape index (κ3) is 5.85. The predicted molar refractivity (Wildman–Crippen MR) is 94.7 cm³/mol. The van der Waals surface area contributed by atoms with Gasteiger partial charge in [0.15, 0.2) is 0 Å². The smallest absolute Gasteiger partial charge is 0.244 e. The summed E-state index contributed by atoms with van der Waals surface area (Å²) < 4.78 is 0. The molecule has 0 spiro atoms. The van der Waals surface area contributed by atoms with Crippen LogP contribution in [-0.4, -0.2) is 31.5 Å². The number of benzene rings is 1. The van der Waals surface area contributed by atoms with Crippen LogP contribution in [0.15, 0.2) is 24.3 Å². The molecule has 2 amide bonds. The van der Waals surface area contributed by atoms with Gasteiger partial charge in [-0.3, -0.25) is 14.4 Å². The summed E-state index contributed by atoms with van der Waals surface area (Å²) >= 11 is 0. The number of hydrogen-bond donors (Lipinski definition) is 2. The van der Waals surface area contributed by atoms with Crippen molar-refractivity contribution >= 4 is 23.2 Å². The van der Waals surface area contributed by atoms with Crippen LogP contribution in [0.4, 0.5) is 11.4 Å². The van der Waals surface area contributed by atoms with Gasteiger partial charge in [-0.05, 0) is 49.9 Å². The zero-order valence-corrected chi connectivity index (χ0v) is 14.5. The molecule has 1 saturated heterocycles. The van der Waals surface area contributed by atoms with Crippen LogP contribution in [0.25, 0.3) is 0 Å². The number of carbonyl (C=O) groups is 2. The van der Waals surface area contributed by atoms with Crippen LogP contribution in [0, 0.1) is 5.92 Å². The Balaban J connectivity index is 1.76. The summed E-state index contributed by atoms with van der Waals surface area (Å²) in [4.78, 5) is 30.4. The summed E-state index contributed by atoms with van der Waals surface area (Å²) in [6.45, 7) is 6.65. The molecule has 24 heavy (non-hydrogen) atoms. The normalized spacial score (nSPS) is 15.2. The average Bonchev–Trinajstić information content (AvgIpc) is 2.59. The van der Waals surface area contributed by atoms with Gasteiger partial charge in [0.05, 0.1) is 6.61 Å². The molecule has 6 nitrogen and oxygen atoms in total. The fourth-order valence-electron chi connectivity index (χ4n) is 2.68. The Kier molecular flexibility index (Phi) is 7.06. The van der Waals surface area contributed by atoms with Crippen LogP contribution in [0.5, 0.6) is 0 Å². The van der Waals surface area contributed by atoms with Gasteiger partial charge >= 0.3 is 0 Å². The van der Waals surface area contributed by atoms with E-state index in [1.54, 1.807) is 6.92 Å². The molecule has 1 heterocycles. The third-order valence-corrected chi connectivity index (χ3v) is 4.21. The van der Waals surface area contributed by atoms with E-state index < -0.39 is 0 Å². The van der Waals surface area contributed by atoms with E-state index in [0.29, 0.717) is 6.61 Å². The lowest BCUT2D eigenvalue weighted by atomic mass is 9.99. The van der Waals surface area contributed by atoms with Gasteiger partial charge in [-0.25, -0.2) is 5.48 Å². The van der Waals surface area contributed by atoms with Crippen LogP contribution in [0.2, 0.25) is 0 Å². The maximum Gasteiger partial charge on any atom is 0.244 e. The molecule has 0 unspecified atom stereocenters. The first kappa shape index (κ1) is 18.3. The second kappa shape index (κ2) is 9.27. The summed E-state index contributed by atoms with van der Waals surface area (Å²) in [5.41, 5.74) is 4.21. The van der Waals surface area contributed by atoms with Crippen molar-refractivity contribution in [3.63, 3.8) is 0 Å². The fourth-order valence-corrected chi connectivity index (χ4v) is 2.68. The first-order valence-electron chi connectivity index (χ1n) is 8.64. The van der Waals surface area contributed by atoms with E-state index in [9.17, 15) is 9.59 Å². The lowest BCUT2D eigenvalue weighted by Crippen LogP contribution is -2.32. The minimum atomic E-state index is -0.290. The van der Waals surface area contributed by atoms with Crippen molar-refractivity contribution in [1.29, 1.82) is 0 Å². The second-order valence-corrected chi connectivity index (χ2v) is 6.22. The Bertz CT molecular complexity index is 537. The lowest BCUT2D eigenvalue weighted by Gasteiger charge is -2.32. The van der Waals surface area contributed by atoms with Gasteiger partial charge in [0.1, 0.15) is 0 Å². The monoisotopic (exact) mass is 333 g/mol. The van der Waals surface area contributed by atoms with E-state index in [4.69, 9.17) is 4.84 Å². The number of piperidine rings is 1. The molecule has 1 aromatic carbocycles. The first-order chi connectivity index (χ1) is 11.6. The van der Waals surface area contributed by atoms with E-state index in [0.717, 1.165) is 24.7 Å². The molecular formula is C18H27N3O3. The maximum atomic E-state index is 11.9. The Morgan fingerprint density at radius 1 is 1.12 bits per heavy atom. The Labute approximate surface area is 143 Å². The van der Waals surface area contributed by atoms with Gasteiger partial charge in [-0.2, -0.15) is 0 Å². The molecule has 1 aliphatic heterocycles. The van der Waals surface area contributed by atoms with Gasteiger partial charge in [-0.1, -0.05) is 6.92 Å². The second-order valence-electron chi connectivity index (χ2n) is 6.22. The Morgan fingerprint density at radius 2 is 1.75 bits per heavy atom. The number of amides is 2. The largest absolute Gasteiger partial charge is 0.372 e. The van der Waals surface area contributed by atoms with E-state index >= 15 is 0 Å². The van der Waals surface area contributed by atoms with E-state index in [1.165, 1.54) is 18.5 Å². The standard InChI is InChI=1S/C18H27N3O3/c1-3-24-20-18(23)9-8-17(22)19-15-4-6-16(7-5-15)21-12-10-14(2)11-13-21/h4-7,14H,3,8-13H2,1-2H3,(H,19,22)(H,20,23). The number of hydroxylamine groups is 1. The molecular weight excluding hydrogens is 306 g/mol. The zero-order chi connectivity index (χ0) is 17.4. The number of anilines is 2. The average molecular weight is 333 g/mol. The Morgan fingerprint density at radius 3 is 2.38 bits per heavy atom. The Hall–Kier alpha value is -2.08. The summed E-state index contributed by atoms with van der Waals surface area (Å²) in [6.07, 6.45) is 2.69. The van der Waals surface area contributed by atoms with Crippen molar-refractivity contribution in [2.75, 3.05) is 29.9 Å². The molecule has 132 valence electrons. The summed E-state index contributed by atoms with van der Waals surface area (Å²) in [5.74, 6) is 0.336. The molecule has 0 aliphatic carbocycles. The molecule has 0 bridgehead atoms. The zero-order valence-electron chi connectivity index (χ0n) is 14.5. The van der Waals surface area contributed by atoms with Crippen LogP contribution in [0.1, 0.15) is 39.5 Å². The molecule has 0 aromatic heterocycles. The van der Waals surface area contributed by atoms with Gasteiger partial charge in [0.2, 0.25) is 11.8 Å². The number of nitrogens with zero attached hydrogens (tertiary/aromatic N) is 1. The highest BCUT2D eigenvalue weighted by atomic mass is 16.6. The molecule has 0 atom stereocenters. The predicted octanol–water partition coefficient (Wildman–Crippen LogP) is 2.71. The molecule has 0 radical (unpaired) electrons. The van der Waals surface area contributed by atoms with Crippen molar-refractivity contribution < 1.29 is 14.4 Å². The maximum absolute atomic E-state index is 11.9. The summed E-state index contributed by atoms with van der Waals surface area (Å²) in [5, 5.41) is 2.81. The van der Waals surface area contributed by atoms with Crippen molar-refractivity contribution in [2.45, 2.75) is 39.5 Å². The molecule has 1 fully saturated rings. The highest BCUT2D eigenvalue weighted by molar-refractivity contribution is 5.93. The van der Waals surface area contributed by atoms with Gasteiger partial charge in [-0.15, -0.1) is 0 Å². The van der Waals surface area contributed by atoms with Gasteiger partial charge in [0.25, 0.3) is 0 Å². The quantitative estimate of drug-likeness (QED) is 0.753. The summed E-state index contributed by atoms with van der Waals surface area (Å²) in [6, 6.07) is 7.89. The van der Waals surface area contributed by atoms with E-state index in [-0.39, 0.29) is 24.7 Å². The molecule has 2 rings (SSSR count). The van der Waals surface area contributed by atoms with Gasteiger partial charge < -0.3 is 10.2 Å². The topological polar surface area (TPSA) is 70.7 Å². The SMILES string of the molecule is CCONC(=O)CCC(=O)Nc1ccc(N2CCC(C)CC2)cc1. The van der Waals surface area contributed by atoms with Crippen LogP contribution in [-0.2, 0) is 14.4 Å². The highest BCUT2D eigenvalue weighted by Gasteiger charge is 2.16. The number of rotatable bonds is 7. The first-order valence-corrected chi connectivity index (χ1v) is 8.64. The number of nitrogens with one attached hydrogen (secondary N) is 2. The number of carbonyl (C=O) groups excluding carboxylic acids is 2. The minimum absolute atomic E-state index is 0.107. The van der Waals surface area contributed by atoms with E-state index in [2.05, 4.69) is 22.6 Å². The molecule has 6 heteroatoms. The molecule has 2 N–H and O–H groups in total.